The second-order valence-corrected chi connectivity index (χ2v) is 7.15. The van der Waals surface area contributed by atoms with Crippen molar-refractivity contribution in [3.63, 3.8) is 0 Å². The van der Waals surface area contributed by atoms with Gasteiger partial charge >= 0.3 is 0 Å². The molecule has 2 aliphatic heterocycles. The standard InChI is InChI=1S/C12H21N3O2S/c1-12(2)11(17)14-9(7-18-12)10(16)15-5-3-8(13)4-6-15/h8-9H,3-7,13H2,1-2H3,(H,14,17)/t9-/m1/s1. The molecule has 2 amide bonds. The number of carbonyl (C=O) groups is 2. The molecule has 5 nitrogen and oxygen atoms in total. The fourth-order valence-electron chi connectivity index (χ4n) is 2.20. The van der Waals surface area contributed by atoms with E-state index in [4.69, 9.17) is 5.73 Å². The highest BCUT2D eigenvalue weighted by atomic mass is 32.2. The lowest BCUT2D eigenvalue weighted by Gasteiger charge is -2.37. The molecule has 0 radical (unpaired) electrons. The van der Waals surface area contributed by atoms with Crippen molar-refractivity contribution in [2.24, 2.45) is 5.73 Å². The quantitative estimate of drug-likeness (QED) is 0.701. The molecule has 3 N–H and O–H groups in total. The van der Waals surface area contributed by atoms with E-state index in [1.54, 1.807) is 11.8 Å². The Bertz CT molecular complexity index is 351. The summed E-state index contributed by atoms with van der Waals surface area (Å²) in [7, 11) is 0. The lowest BCUT2D eigenvalue weighted by atomic mass is 10.1. The van der Waals surface area contributed by atoms with Gasteiger partial charge in [-0.2, -0.15) is 0 Å². The Labute approximate surface area is 112 Å². The Morgan fingerprint density at radius 3 is 2.61 bits per heavy atom. The predicted octanol–water partition coefficient (Wildman–Crippen LogP) is -0.0537. The molecule has 0 aromatic rings. The van der Waals surface area contributed by atoms with Crippen LogP contribution in [0, 0.1) is 0 Å². The van der Waals surface area contributed by atoms with Crippen LogP contribution in [0.25, 0.3) is 0 Å². The highest BCUT2D eigenvalue weighted by molar-refractivity contribution is 8.01. The Hall–Kier alpha value is -0.750. The van der Waals surface area contributed by atoms with Gasteiger partial charge in [0, 0.05) is 24.9 Å². The Balaban J connectivity index is 1.93. The van der Waals surface area contributed by atoms with Crippen LogP contribution in [-0.4, -0.2) is 52.4 Å². The molecule has 2 saturated heterocycles. The van der Waals surface area contributed by atoms with Crippen molar-refractivity contribution >= 4 is 23.6 Å². The van der Waals surface area contributed by atoms with E-state index in [-0.39, 0.29) is 23.9 Å². The molecule has 18 heavy (non-hydrogen) atoms. The number of hydrogen-bond acceptors (Lipinski definition) is 4. The van der Waals surface area contributed by atoms with Gasteiger partial charge in [0.05, 0.1) is 4.75 Å². The summed E-state index contributed by atoms with van der Waals surface area (Å²) in [5.41, 5.74) is 5.82. The molecule has 1 atom stereocenters. The van der Waals surface area contributed by atoms with Crippen molar-refractivity contribution in [2.45, 2.75) is 43.5 Å². The Morgan fingerprint density at radius 2 is 2.06 bits per heavy atom. The van der Waals surface area contributed by atoms with Crippen molar-refractivity contribution in [1.82, 2.24) is 10.2 Å². The highest BCUT2D eigenvalue weighted by Crippen LogP contribution is 2.29. The van der Waals surface area contributed by atoms with Crippen molar-refractivity contribution in [1.29, 1.82) is 0 Å². The van der Waals surface area contributed by atoms with Gasteiger partial charge in [0.15, 0.2) is 0 Å². The largest absolute Gasteiger partial charge is 0.342 e. The van der Waals surface area contributed by atoms with Crippen molar-refractivity contribution in [3.8, 4) is 0 Å². The van der Waals surface area contributed by atoms with Gasteiger partial charge in [-0.15, -0.1) is 11.8 Å². The number of nitrogens with one attached hydrogen (secondary N) is 1. The molecule has 0 spiro atoms. The highest BCUT2D eigenvalue weighted by Gasteiger charge is 2.39. The van der Waals surface area contributed by atoms with Crippen LogP contribution in [0.2, 0.25) is 0 Å². The third-order valence-electron chi connectivity index (χ3n) is 3.61. The molecule has 2 aliphatic rings. The average molecular weight is 271 g/mol. The molecule has 0 unspecified atom stereocenters. The number of piperidine rings is 1. The predicted molar refractivity (Wildman–Crippen MR) is 72.3 cm³/mol. The van der Waals surface area contributed by atoms with Gasteiger partial charge in [0.2, 0.25) is 11.8 Å². The fraction of sp³-hybridized carbons (Fsp3) is 0.833. The second-order valence-electron chi connectivity index (χ2n) is 5.51. The zero-order valence-corrected chi connectivity index (χ0v) is 11.8. The molecule has 0 aliphatic carbocycles. The first kappa shape index (κ1) is 13.7. The number of likely N-dealkylation sites (tertiary alicyclic amines) is 1. The SMILES string of the molecule is CC1(C)SC[C@H](C(=O)N2CCC(N)CC2)NC1=O. The number of carbonyl (C=O) groups excluding carboxylic acids is 2. The van der Waals surface area contributed by atoms with E-state index in [1.165, 1.54) is 0 Å². The van der Waals surface area contributed by atoms with Crippen molar-refractivity contribution in [3.05, 3.63) is 0 Å². The summed E-state index contributed by atoms with van der Waals surface area (Å²) in [6, 6.07) is -0.159. The van der Waals surface area contributed by atoms with E-state index >= 15 is 0 Å². The number of amides is 2. The molecule has 0 aromatic heterocycles. The van der Waals surface area contributed by atoms with Crippen LogP contribution in [0.5, 0.6) is 0 Å². The number of nitrogens with zero attached hydrogens (tertiary/aromatic N) is 1. The lowest BCUT2D eigenvalue weighted by Crippen LogP contribution is -2.59. The summed E-state index contributed by atoms with van der Waals surface area (Å²) in [5.74, 6) is 0.643. The van der Waals surface area contributed by atoms with Gasteiger partial charge in [-0.05, 0) is 26.7 Å². The summed E-state index contributed by atoms with van der Waals surface area (Å²) in [6.45, 7) is 5.18. The van der Waals surface area contributed by atoms with Gasteiger partial charge in [-0.25, -0.2) is 0 Å². The zero-order valence-electron chi connectivity index (χ0n) is 10.9. The van der Waals surface area contributed by atoms with Crippen LogP contribution in [-0.2, 0) is 9.59 Å². The maximum atomic E-state index is 12.3. The molecular weight excluding hydrogens is 250 g/mol. The van der Waals surface area contributed by atoms with Crippen molar-refractivity contribution in [2.75, 3.05) is 18.8 Å². The van der Waals surface area contributed by atoms with Crippen LogP contribution in [0.3, 0.4) is 0 Å². The number of nitrogens with two attached hydrogens (primary N) is 1. The van der Waals surface area contributed by atoms with Gasteiger partial charge in [-0.1, -0.05) is 0 Å². The lowest BCUT2D eigenvalue weighted by molar-refractivity contribution is -0.137. The average Bonchev–Trinajstić information content (AvgIpc) is 2.33. The number of thioether (sulfide) groups is 1. The summed E-state index contributed by atoms with van der Waals surface area (Å²) in [5, 5.41) is 2.83. The molecular formula is C12H21N3O2S. The minimum atomic E-state index is -0.430. The minimum Gasteiger partial charge on any atom is -0.342 e. The monoisotopic (exact) mass is 271 g/mol. The van der Waals surface area contributed by atoms with Crippen LogP contribution in [0.4, 0.5) is 0 Å². The maximum Gasteiger partial charge on any atom is 0.246 e. The van der Waals surface area contributed by atoms with E-state index in [2.05, 4.69) is 5.32 Å². The molecule has 0 aromatic carbocycles. The van der Waals surface area contributed by atoms with E-state index in [1.807, 2.05) is 18.7 Å². The maximum absolute atomic E-state index is 12.3. The normalized spacial score (nSPS) is 28.9. The summed E-state index contributed by atoms with van der Waals surface area (Å²) in [4.78, 5) is 25.9. The minimum absolute atomic E-state index is 0.0400. The second kappa shape index (κ2) is 5.09. The van der Waals surface area contributed by atoms with Gasteiger partial charge < -0.3 is 16.0 Å². The summed E-state index contributed by atoms with van der Waals surface area (Å²) < 4.78 is -0.430. The van der Waals surface area contributed by atoms with Crippen LogP contribution < -0.4 is 11.1 Å². The summed E-state index contributed by atoms with van der Waals surface area (Å²) >= 11 is 1.55. The van der Waals surface area contributed by atoms with E-state index in [9.17, 15) is 9.59 Å². The van der Waals surface area contributed by atoms with Crippen molar-refractivity contribution < 1.29 is 9.59 Å². The van der Waals surface area contributed by atoms with Gasteiger partial charge in [-0.3, -0.25) is 9.59 Å². The molecule has 0 bridgehead atoms. The zero-order chi connectivity index (χ0) is 13.3. The van der Waals surface area contributed by atoms with Gasteiger partial charge in [0.1, 0.15) is 6.04 Å². The van der Waals surface area contributed by atoms with Crippen LogP contribution in [0.15, 0.2) is 0 Å². The molecule has 102 valence electrons. The van der Waals surface area contributed by atoms with Crippen LogP contribution >= 0.6 is 11.8 Å². The Kier molecular flexibility index (Phi) is 3.87. The number of hydrogen-bond donors (Lipinski definition) is 2. The smallest absolute Gasteiger partial charge is 0.246 e. The first-order valence-electron chi connectivity index (χ1n) is 6.39. The molecule has 6 heteroatoms. The van der Waals surface area contributed by atoms with E-state index in [0.717, 1.165) is 12.8 Å². The topological polar surface area (TPSA) is 75.4 Å². The molecule has 2 heterocycles. The van der Waals surface area contributed by atoms with E-state index in [0.29, 0.717) is 18.8 Å². The fourth-order valence-corrected chi connectivity index (χ4v) is 3.20. The Morgan fingerprint density at radius 1 is 1.44 bits per heavy atom. The van der Waals surface area contributed by atoms with Gasteiger partial charge in [0.25, 0.3) is 0 Å². The van der Waals surface area contributed by atoms with Crippen LogP contribution in [0.1, 0.15) is 26.7 Å². The molecule has 0 saturated carbocycles. The number of rotatable bonds is 1. The first-order valence-corrected chi connectivity index (χ1v) is 7.38. The summed E-state index contributed by atoms with van der Waals surface area (Å²) in [6.07, 6.45) is 1.70. The molecule has 2 fully saturated rings. The molecule has 2 rings (SSSR count). The third kappa shape index (κ3) is 2.80. The van der Waals surface area contributed by atoms with E-state index < -0.39 is 4.75 Å². The third-order valence-corrected chi connectivity index (χ3v) is 5.02. The first-order chi connectivity index (χ1) is 8.40.